The predicted molar refractivity (Wildman–Crippen MR) is 68.7 cm³/mol. The summed E-state index contributed by atoms with van der Waals surface area (Å²) in [7, 11) is 0. The first-order valence-electron chi connectivity index (χ1n) is 4.00. The number of nitrogens with zero attached hydrogens (tertiary/aromatic N) is 1. The summed E-state index contributed by atoms with van der Waals surface area (Å²) in [6.07, 6.45) is 0. The average molecular weight is 292 g/mol. The van der Waals surface area contributed by atoms with Gasteiger partial charge in [0.15, 0.2) is 0 Å². The van der Waals surface area contributed by atoms with Gasteiger partial charge in [-0.05, 0) is 24.6 Å². The maximum absolute atomic E-state index is 6.94. The van der Waals surface area contributed by atoms with Gasteiger partial charge in [-0.15, -0.1) is 12.4 Å². The summed E-state index contributed by atoms with van der Waals surface area (Å²) >= 11 is 3.37. The second kappa shape index (κ2) is 6.42. The van der Waals surface area contributed by atoms with Crippen molar-refractivity contribution in [3.63, 3.8) is 0 Å². The van der Waals surface area contributed by atoms with Crippen molar-refractivity contribution in [3.8, 4) is 0 Å². The van der Waals surface area contributed by atoms with E-state index in [9.17, 15) is 0 Å². The lowest BCUT2D eigenvalue weighted by atomic mass is 10.1. The van der Waals surface area contributed by atoms with E-state index in [0.717, 1.165) is 15.7 Å². The van der Waals surface area contributed by atoms with E-state index in [1.165, 1.54) is 0 Å². The van der Waals surface area contributed by atoms with E-state index in [-0.39, 0.29) is 18.4 Å². The molecule has 0 aliphatic rings. The zero-order valence-corrected chi connectivity index (χ0v) is 10.5. The lowest BCUT2D eigenvalue weighted by Gasteiger charge is -2.01. The number of nitrogens with one attached hydrogen (secondary N) is 2. The summed E-state index contributed by atoms with van der Waals surface area (Å²) in [6.45, 7) is 1.84. The van der Waals surface area contributed by atoms with Gasteiger partial charge in [-0.25, -0.2) is 5.43 Å². The first-order chi connectivity index (χ1) is 6.59. The Morgan fingerprint density at radius 3 is 2.73 bits per heavy atom. The molecular formula is C9H12BrClN4. The first kappa shape index (κ1) is 13.9. The number of guanidine groups is 1. The van der Waals surface area contributed by atoms with Crippen LogP contribution in [0.4, 0.5) is 0 Å². The Morgan fingerprint density at radius 2 is 2.20 bits per heavy atom. The number of hydrazone groups is 1. The van der Waals surface area contributed by atoms with E-state index < -0.39 is 0 Å². The molecule has 0 radical (unpaired) electrons. The highest BCUT2D eigenvalue weighted by Gasteiger charge is 1.97. The molecule has 0 amide bonds. The molecule has 0 heterocycles. The second-order valence-electron chi connectivity index (χ2n) is 2.73. The molecule has 0 bridgehead atoms. The molecule has 0 fully saturated rings. The lowest BCUT2D eigenvalue weighted by Crippen LogP contribution is -2.26. The van der Waals surface area contributed by atoms with Crippen LogP contribution in [0.15, 0.2) is 33.8 Å². The molecule has 0 unspecified atom stereocenters. The highest BCUT2D eigenvalue weighted by molar-refractivity contribution is 9.10. The van der Waals surface area contributed by atoms with Gasteiger partial charge in [0.25, 0.3) is 0 Å². The largest absolute Gasteiger partial charge is 0.369 e. The molecule has 0 saturated heterocycles. The van der Waals surface area contributed by atoms with Gasteiger partial charge >= 0.3 is 0 Å². The van der Waals surface area contributed by atoms with Gasteiger partial charge in [-0.1, -0.05) is 28.1 Å². The number of hydrogen-bond donors (Lipinski definition) is 3. The van der Waals surface area contributed by atoms with E-state index in [4.69, 9.17) is 11.1 Å². The van der Waals surface area contributed by atoms with Crippen LogP contribution >= 0.6 is 28.3 Å². The minimum absolute atomic E-state index is 0. The van der Waals surface area contributed by atoms with Crippen molar-refractivity contribution >= 4 is 40.0 Å². The molecule has 82 valence electrons. The Bertz CT molecular complexity index is 378. The van der Waals surface area contributed by atoms with Crippen molar-refractivity contribution < 1.29 is 0 Å². The highest BCUT2D eigenvalue weighted by atomic mass is 79.9. The van der Waals surface area contributed by atoms with Crippen molar-refractivity contribution in [2.75, 3.05) is 0 Å². The number of benzene rings is 1. The van der Waals surface area contributed by atoms with Crippen molar-refractivity contribution in [1.82, 2.24) is 5.43 Å². The fraction of sp³-hybridized carbons (Fsp3) is 0.111. The van der Waals surface area contributed by atoms with Crippen LogP contribution in [0.25, 0.3) is 0 Å². The minimum atomic E-state index is -0.167. The van der Waals surface area contributed by atoms with E-state index in [2.05, 4.69) is 26.5 Å². The molecule has 4 nitrogen and oxygen atoms in total. The molecular weight excluding hydrogens is 279 g/mol. The SMILES string of the molecule is CC(=NNC(=N)N)c1cccc(Br)c1.Cl. The maximum Gasteiger partial charge on any atom is 0.206 e. The van der Waals surface area contributed by atoms with Crippen LogP contribution in [-0.2, 0) is 0 Å². The second-order valence-corrected chi connectivity index (χ2v) is 3.65. The van der Waals surface area contributed by atoms with Gasteiger partial charge in [-0.2, -0.15) is 5.10 Å². The molecule has 0 atom stereocenters. The number of hydrogen-bond acceptors (Lipinski definition) is 2. The minimum Gasteiger partial charge on any atom is -0.369 e. The Morgan fingerprint density at radius 1 is 1.53 bits per heavy atom. The van der Waals surface area contributed by atoms with Gasteiger partial charge in [-0.3, -0.25) is 5.41 Å². The number of halogens is 2. The van der Waals surface area contributed by atoms with Crippen molar-refractivity contribution in [2.45, 2.75) is 6.92 Å². The molecule has 4 N–H and O–H groups in total. The van der Waals surface area contributed by atoms with Crippen molar-refractivity contribution in [1.29, 1.82) is 5.41 Å². The molecule has 0 aliphatic heterocycles. The molecule has 6 heteroatoms. The summed E-state index contributed by atoms with van der Waals surface area (Å²) < 4.78 is 0.993. The monoisotopic (exact) mass is 290 g/mol. The lowest BCUT2D eigenvalue weighted by molar-refractivity contribution is 0.992. The molecule has 0 saturated carbocycles. The Labute approximate surface area is 103 Å². The van der Waals surface area contributed by atoms with E-state index in [0.29, 0.717) is 0 Å². The maximum atomic E-state index is 6.94. The van der Waals surface area contributed by atoms with Gasteiger partial charge in [0.05, 0.1) is 5.71 Å². The van der Waals surface area contributed by atoms with Crippen LogP contribution in [0.3, 0.4) is 0 Å². The summed E-state index contributed by atoms with van der Waals surface area (Å²) in [6, 6.07) is 7.74. The van der Waals surface area contributed by atoms with Crippen LogP contribution < -0.4 is 11.2 Å². The van der Waals surface area contributed by atoms with Crippen LogP contribution in [0.5, 0.6) is 0 Å². The van der Waals surface area contributed by atoms with Crippen molar-refractivity contribution in [3.05, 3.63) is 34.3 Å². The van der Waals surface area contributed by atoms with E-state index in [1.54, 1.807) is 0 Å². The zero-order chi connectivity index (χ0) is 10.6. The molecule has 1 rings (SSSR count). The Balaban J connectivity index is 0.00000196. The fourth-order valence-electron chi connectivity index (χ4n) is 0.922. The number of nitrogens with two attached hydrogens (primary N) is 1. The molecule has 1 aromatic rings. The van der Waals surface area contributed by atoms with Crippen LogP contribution in [0.1, 0.15) is 12.5 Å². The topological polar surface area (TPSA) is 74.3 Å². The zero-order valence-electron chi connectivity index (χ0n) is 8.12. The number of rotatable bonds is 2. The van der Waals surface area contributed by atoms with Gasteiger partial charge in [0, 0.05) is 4.47 Å². The average Bonchev–Trinajstić information content (AvgIpc) is 2.14. The van der Waals surface area contributed by atoms with E-state index in [1.807, 2.05) is 31.2 Å². The summed E-state index contributed by atoms with van der Waals surface area (Å²) in [5, 5.41) is 10.9. The Hall–Kier alpha value is -1.07. The molecule has 0 aromatic heterocycles. The smallest absolute Gasteiger partial charge is 0.206 e. The van der Waals surface area contributed by atoms with Gasteiger partial charge in [0.2, 0.25) is 5.96 Å². The molecule has 15 heavy (non-hydrogen) atoms. The third kappa shape index (κ3) is 4.80. The van der Waals surface area contributed by atoms with Gasteiger partial charge in [0.1, 0.15) is 0 Å². The predicted octanol–water partition coefficient (Wildman–Crippen LogP) is 2.08. The highest BCUT2D eigenvalue weighted by Crippen LogP contribution is 2.12. The van der Waals surface area contributed by atoms with E-state index >= 15 is 0 Å². The summed E-state index contributed by atoms with van der Waals surface area (Å²) in [5.41, 5.74) is 9.26. The van der Waals surface area contributed by atoms with Gasteiger partial charge < -0.3 is 5.73 Å². The quantitative estimate of drug-likeness (QED) is 0.443. The standard InChI is InChI=1S/C9H11BrN4.ClH/c1-6(13-14-9(11)12)7-3-2-4-8(10)5-7;/h2-5H,1H3,(H4,11,12,14);1H. The third-order valence-electron chi connectivity index (χ3n) is 1.59. The molecule has 0 spiro atoms. The van der Waals surface area contributed by atoms with Crippen LogP contribution in [-0.4, -0.2) is 11.7 Å². The Kier molecular flexibility index (Phi) is 5.96. The first-order valence-corrected chi connectivity index (χ1v) is 4.79. The fourth-order valence-corrected chi connectivity index (χ4v) is 1.32. The summed E-state index contributed by atoms with van der Waals surface area (Å²) in [5.74, 6) is -0.167. The summed E-state index contributed by atoms with van der Waals surface area (Å²) in [4.78, 5) is 0. The molecule has 1 aromatic carbocycles. The molecule has 0 aliphatic carbocycles. The van der Waals surface area contributed by atoms with Crippen LogP contribution in [0, 0.1) is 5.41 Å². The van der Waals surface area contributed by atoms with Crippen molar-refractivity contribution in [2.24, 2.45) is 10.8 Å². The van der Waals surface area contributed by atoms with Crippen LogP contribution in [0.2, 0.25) is 0 Å². The normalized spacial score (nSPS) is 10.4. The third-order valence-corrected chi connectivity index (χ3v) is 2.08.